The minimum absolute atomic E-state index is 0.250. The van der Waals surface area contributed by atoms with Crippen LogP contribution in [0.25, 0.3) is 11.2 Å². The van der Waals surface area contributed by atoms with Gasteiger partial charge in [0.05, 0.1) is 0 Å². The van der Waals surface area contributed by atoms with E-state index >= 15 is 0 Å². The molecule has 0 saturated carbocycles. The van der Waals surface area contributed by atoms with E-state index in [9.17, 15) is 8.78 Å². The molecule has 8 heteroatoms. The summed E-state index contributed by atoms with van der Waals surface area (Å²) in [5.41, 5.74) is 2.88. The van der Waals surface area contributed by atoms with Gasteiger partial charge in [-0.25, -0.2) is 8.78 Å². The fraction of sp³-hybridized carbons (Fsp3) is 0.150. The minimum atomic E-state index is -0.585. The van der Waals surface area contributed by atoms with E-state index in [1.54, 1.807) is 0 Å². The molecule has 0 aliphatic carbocycles. The first-order valence-electron chi connectivity index (χ1n) is 8.23. The lowest BCUT2D eigenvalue weighted by Crippen LogP contribution is -1.93. The van der Waals surface area contributed by atoms with Gasteiger partial charge in [-0.15, -0.1) is 10.2 Å². The molecule has 146 valence electrons. The zero-order valence-corrected chi connectivity index (χ0v) is 16.4. The normalized spacial score (nSPS) is 11.0. The third-order valence-corrected chi connectivity index (χ3v) is 4.54. The number of hydrogen-bond acceptors (Lipinski definition) is 4. The SMILES string of the molecule is CC(C)=C/C=C(\C)c1nnc2ccc(Sc3ccc(F)cc3F)cn12.O=CO. The van der Waals surface area contributed by atoms with Crippen LogP contribution >= 0.6 is 11.8 Å². The molecule has 5 nitrogen and oxygen atoms in total. The van der Waals surface area contributed by atoms with Crippen molar-refractivity contribution in [3.8, 4) is 0 Å². The lowest BCUT2D eigenvalue weighted by Gasteiger charge is -2.05. The van der Waals surface area contributed by atoms with Crippen molar-refractivity contribution in [2.45, 2.75) is 30.6 Å². The molecule has 0 amide bonds. The Bertz CT molecular complexity index is 1040. The Morgan fingerprint density at radius 3 is 2.46 bits per heavy atom. The van der Waals surface area contributed by atoms with Gasteiger partial charge < -0.3 is 5.11 Å². The quantitative estimate of drug-likeness (QED) is 0.477. The lowest BCUT2D eigenvalue weighted by molar-refractivity contribution is -0.122. The van der Waals surface area contributed by atoms with Gasteiger partial charge in [0.2, 0.25) is 0 Å². The van der Waals surface area contributed by atoms with Crippen LogP contribution in [0.1, 0.15) is 26.6 Å². The van der Waals surface area contributed by atoms with E-state index in [-0.39, 0.29) is 6.47 Å². The van der Waals surface area contributed by atoms with Crippen LogP contribution in [-0.2, 0) is 4.79 Å². The molecule has 28 heavy (non-hydrogen) atoms. The summed E-state index contributed by atoms with van der Waals surface area (Å²) in [7, 11) is 0. The first-order valence-corrected chi connectivity index (χ1v) is 9.05. The summed E-state index contributed by atoms with van der Waals surface area (Å²) in [5, 5.41) is 15.3. The smallest absolute Gasteiger partial charge is 0.290 e. The Labute approximate surface area is 165 Å². The number of carboxylic acid groups (broad SMARTS) is 1. The Hall–Kier alpha value is -3.00. The summed E-state index contributed by atoms with van der Waals surface area (Å²) in [4.78, 5) is 9.54. The molecule has 1 aromatic carbocycles. The molecule has 0 bridgehead atoms. The van der Waals surface area contributed by atoms with Crippen LogP contribution in [0.4, 0.5) is 8.78 Å². The highest BCUT2D eigenvalue weighted by molar-refractivity contribution is 7.99. The number of pyridine rings is 1. The van der Waals surface area contributed by atoms with Gasteiger partial charge in [0.15, 0.2) is 11.5 Å². The van der Waals surface area contributed by atoms with Crippen LogP contribution in [0.5, 0.6) is 0 Å². The van der Waals surface area contributed by atoms with Crippen molar-refractivity contribution in [2.75, 3.05) is 0 Å². The molecule has 0 spiro atoms. The van der Waals surface area contributed by atoms with E-state index in [4.69, 9.17) is 9.90 Å². The number of fused-ring (bicyclic) bond motifs is 1. The molecule has 1 N–H and O–H groups in total. The average molecular weight is 403 g/mol. The third-order valence-electron chi connectivity index (χ3n) is 3.52. The van der Waals surface area contributed by atoms with Gasteiger partial charge in [0.1, 0.15) is 11.6 Å². The standard InChI is InChI=1S/C19H17F2N3S.CH2O2/c1-12(2)4-5-13(3)19-23-22-18-9-7-15(11-24(18)19)25-17-8-6-14(20)10-16(17)21;2-1-3/h4-11H,1-3H3;1H,(H,2,3)/b13-5+;. The fourth-order valence-electron chi connectivity index (χ4n) is 2.25. The number of allylic oxidation sites excluding steroid dienone is 4. The molecular formula is C20H19F2N3O2S. The van der Waals surface area contributed by atoms with Crippen LogP contribution in [0.2, 0.25) is 0 Å². The minimum Gasteiger partial charge on any atom is -0.483 e. The van der Waals surface area contributed by atoms with Crippen LogP contribution in [0.15, 0.2) is 64.0 Å². The zero-order valence-electron chi connectivity index (χ0n) is 15.6. The summed E-state index contributed by atoms with van der Waals surface area (Å²) in [6.07, 6.45) is 5.87. The van der Waals surface area contributed by atoms with Gasteiger partial charge in [-0.05, 0) is 50.6 Å². The molecule has 2 aromatic heterocycles. The van der Waals surface area contributed by atoms with Crippen molar-refractivity contribution in [3.63, 3.8) is 0 Å². The maximum absolute atomic E-state index is 13.9. The van der Waals surface area contributed by atoms with Gasteiger partial charge >= 0.3 is 0 Å². The molecule has 0 saturated heterocycles. The van der Waals surface area contributed by atoms with E-state index in [1.165, 1.54) is 29.5 Å². The lowest BCUT2D eigenvalue weighted by atomic mass is 10.2. The Kier molecular flexibility index (Phi) is 7.45. The van der Waals surface area contributed by atoms with Gasteiger partial charge in [-0.1, -0.05) is 29.5 Å². The van der Waals surface area contributed by atoms with E-state index in [0.717, 1.165) is 22.4 Å². The highest BCUT2D eigenvalue weighted by Gasteiger charge is 2.10. The predicted molar refractivity (Wildman–Crippen MR) is 105 cm³/mol. The molecule has 3 aromatic rings. The van der Waals surface area contributed by atoms with E-state index < -0.39 is 11.6 Å². The summed E-state index contributed by atoms with van der Waals surface area (Å²) in [5.74, 6) is -0.429. The Morgan fingerprint density at radius 1 is 1.11 bits per heavy atom. The molecular weight excluding hydrogens is 384 g/mol. The summed E-state index contributed by atoms with van der Waals surface area (Å²) in [6, 6.07) is 7.25. The number of halogens is 2. The first kappa shape index (κ1) is 21.3. The van der Waals surface area contributed by atoms with Crippen molar-refractivity contribution in [1.82, 2.24) is 14.6 Å². The van der Waals surface area contributed by atoms with Gasteiger partial charge in [-0.2, -0.15) is 0 Å². The summed E-state index contributed by atoms with van der Waals surface area (Å²) < 4.78 is 28.8. The third kappa shape index (κ3) is 5.50. The van der Waals surface area contributed by atoms with Gasteiger partial charge in [-0.3, -0.25) is 9.20 Å². The predicted octanol–water partition coefficient (Wildman–Crippen LogP) is 5.23. The van der Waals surface area contributed by atoms with Crippen LogP contribution < -0.4 is 0 Å². The van der Waals surface area contributed by atoms with Crippen LogP contribution in [0.3, 0.4) is 0 Å². The summed E-state index contributed by atoms with van der Waals surface area (Å²) >= 11 is 1.23. The van der Waals surface area contributed by atoms with Gasteiger partial charge in [0, 0.05) is 22.1 Å². The van der Waals surface area contributed by atoms with Crippen molar-refractivity contribution in [2.24, 2.45) is 0 Å². The second-order valence-electron chi connectivity index (χ2n) is 5.99. The first-order chi connectivity index (χ1) is 13.3. The monoisotopic (exact) mass is 403 g/mol. The number of hydrogen-bond donors (Lipinski definition) is 1. The van der Waals surface area contributed by atoms with Crippen LogP contribution in [-0.4, -0.2) is 26.2 Å². The number of carbonyl (C=O) groups is 1. The van der Waals surface area contributed by atoms with Crippen molar-refractivity contribution < 1.29 is 18.7 Å². The van der Waals surface area contributed by atoms with E-state index in [1.807, 2.05) is 55.7 Å². The topological polar surface area (TPSA) is 67.5 Å². The van der Waals surface area contributed by atoms with E-state index in [2.05, 4.69) is 10.2 Å². The second-order valence-corrected chi connectivity index (χ2v) is 7.11. The highest BCUT2D eigenvalue weighted by Crippen LogP contribution is 2.30. The van der Waals surface area contributed by atoms with Crippen molar-refractivity contribution in [3.05, 3.63) is 71.7 Å². The summed E-state index contributed by atoms with van der Waals surface area (Å²) in [6.45, 7) is 5.77. The molecule has 0 fully saturated rings. The Morgan fingerprint density at radius 2 is 1.82 bits per heavy atom. The molecule has 0 atom stereocenters. The largest absolute Gasteiger partial charge is 0.483 e. The number of nitrogens with zero attached hydrogens (tertiary/aromatic N) is 3. The van der Waals surface area contributed by atoms with Gasteiger partial charge in [0.25, 0.3) is 6.47 Å². The average Bonchev–Trinajstić information content (AvgIpc) is 3.06. The number of benzene rings is 1. The van der Waals surface area contributed by atoms with E-state index in [0.29, 0.717) is 10.5 Å². The zero-order chi connectivity index (χ0) is 20.7. The molecule has 3 rings (SSSR count). The fourth-order valence-corrected chi connectivity index (χ4v) is 3.09. The highest BCUT2D eigenvalue weighted by atomic mass is 32.2. The van der Waals surface area contributed by atoms with Crippen molar-refractivity contribution >= 4 is 29.5 Å². The second kappa shape index (κ2) is 9.80. The molecule has 0 radical (unpaired) electrons. The van der Waals surface area contributed by atoms with Crippen molar-refractivity contribution in [1.29, 1.82) is 0 Å². The maximum Gasteiger partial charge on any atom is 0.290 e. The number of rotatable bonds is 4. The number of aromatic nitrogens is 3. The molecule has 2 heterocycles. The Balaban J connectivity index is 0.000000878. The maximum atomic E-state index is 13.9. The molecule has 0 aliphatic heterocycles. The van der Waals surface area contributed by atoms with Crippen LogP contribution in [0, 0.1) is 11.6 Å². The molecule has 0 aliphatic rings. The molecule has 0 unspecified atom stereocenters.